The summed E-state index contributed by atoms with van der Waals surface area (Å²) in [5, 5.41) is 1.27. The fourth-order valence-electron chi connectivity index (χ4n) is 2.19. The van der Waals surface area contributed by atoms with Crippen LogP contribution in [0.1, 0.15) is 18.4 Å². The van der Waals surface area contributed by atoms with Crippen molar-refractivity contribution in [1.29, 1.82) is 0 Å². The van der Waals surface area contributed by atoms with Crippen molar-refractivity contribution >= 4 is 16.1 Å². The molecule has 1 aliphatic heterocycles. The predicted molar refractivity (Wildman–Crippen MR) is 73.2 cm³/mol. The van der Waals surface area contributed by atoms with Gasteiger partial charge in [-0.2, -0.15) is 4.31 Å². The number of nitrogens with zero attached hydrogens (tertiary/aromatic N) is 1. The van der Waals surface area contributed by atoms with Gasteiger partial charge in [-0.15, -0.1) is 0 Å². The summed E-state index contributed by atoms with van der Waals surface area (Å²) in [4.78, 5) is 0. The van der Waals surface area contributed by atoms with Crippen LogP contribution in [0.2, 0.25) is 0 Å². The van der Waals surface area contributed by atoms with Crippen LogP contribution in [0.15, 0.2) is 35.7 Å². The van der Waals surface area contributed by atoms with Gasteiger partial charge in [0.1, 0.15) is 0 Å². The monoisotopic (exact) mass is 266 g/mol. The average Bonchev–Trinajstić information content (AvgIpc) is 2.87. The summed E-state index contributed by atoms with van der Waals surface area (Å²) < 4.78 is 25.8. The number of sulfonamides is 1. The zero-order valence-electron chi connectivity index (χ0n) is 10.2. The minimum atomic E-state index is -3.35. The normalized spacial score (nSPS) is 21.7. The maximum absolute atomic E-state index is 12.2. The molecule has 5 heteroatoms. The first-order chi connectivity index (χ1) is 8.63. The molecule has 1 aromatic rings. The van der Waals surface area contributed by atoms with E-state index in [4.69, 9.17) is 5.73 Å². The molecule has 1 saturated heterocycles. The van der Waals surface area contributed by atoms with E-state index in [1.54, 1.807) is 6.08 Å². The summed E-state index contributed by atoms with van der Waals surface area (Å²) >= 11 is 0. The lowest BCUT2D eigenvalue weighted by Crippen LogP contribution is -2.38. The van der Waals surface area contributed by atoms with Crippen molar-refractivity contribution in [3.63, 3.8) is 0 Å². The highest BCUT2D eigenvalue weighted by molar-refractivity contribution is 7.92. The van der Waals surface area contributed by atoms with Crippen LogP contribution in [0.5, 0.6) is 0 Å². The molecule has 0 bridgehead atoms. The van der Waals surface area contributed by atoms with Crippen LogP contribution < -0.4 is 5.73 Å². The smallest absolute Gasteiger partial charge is 0.236 e. The Labute approximate surface area is 108 Å². The zero-order chi connectivity index (χ0) is 13.0. The SMILES string of the molecule is NCC1CCCN1S(=O)(=O)/C=C/c1ccccc1. The number of rotatable bonds is 4. The van der Waals surface area contributed by atoms with Gasteiger partial charge in [0.25, 0.3) is 0 Å². The second kappa shape index (κ2) is 5.65. The molecule has 0 saturated carbocycles. The molecule has 2 N–H and O–H groups in total. The van der Waals surface area contributed by atoms with Gasteiger partial charge in [-0.3, -0.25) is 0 Å². The van der Waals surface area contributed by atoms with Crippen LogP contribution in [-0.4, -0.2) is 31.9 Å². The Bertz CT molecular complexity index is 511. The van der Waals surface area contributed by atoms with E-state index in [0.29, 0.717) is 13.1 Å². The van der Waals surface area contributed by atoms with Crippen LogP contribution in [0, 0.1) is 0 Å². The van der Waals surface area contributed by atoms with Crippen molar-refractivity contribution < 1.29 is 8.42 Å². The maximum Gasteiger partial charge on any atom is 0.236 e. The Balaban J connectivity index is 2.15. The summed E-state index contributed by atoms with van der Waals surface area (Å²) in [7, 11) is -3.35. The van der Waals surface area contributed by atoms with E-state index >= 15 is 0 Å². The third kappa shape index (κ3) is 2.98. The molecule has 18 heavy (non-hydrogen) atoms. The summed E-state index contributed by atoms with van der Waals surface area (Å²) in [6.45, 7) is 0.960. The minimum absolute atomic E-state index is 0.0459. The molecule has 98 valence electrons. The first kappa shape index (κ1) is 13.3. The van der Waals surface area contributed by atoms with Crippen LogP contribution in [0.25, 0.3) is 6.08 Å². The van der Waals surface area contributed by atoms with Crippen molar-refractivity contribution in [2.45, 2.75) is 18.9 Å². The first-order valence-corrected chi connectivity index (χ1v) is 7.59. The lowest BCUT2D eigenvalue weighted by molar-refractivity contribution is 0.398. The largest absolute Gasteiger partial charge is 0.329 e. The molecular formula is C13H18N2O2S. The van der Waals surface area contributed by atoms with Gasteiger partial charge in [-0.05, 0) is 24.5 Å². The topological polar surface area (TPSA) is 63.4 Å². The molecule has 0 spiro atoms. The summed E-state index contributed by atoms with van der Waals surface area (Å²) in [5.41, 5.74) is 6.48. The molecular weight excluding hydrogens is 248 g/mol. The van der Waals surface area contributed by atoms with Gasteiger partial charge in [-0.1, -0.05) is 30.3 Å². The highest BCUT2D eigenvalue weighted by Crippen LogP contribution is 2.21. The molecule has 1 fully saturated rings. The Kier molecular flexibility index (Phi) is 4.16. The number of nitrogens with two attached hydrogens (primary N) is 1. The zero-order valence-corrected chi connectivity index (χ0v) is 11.0. The summed E-state index contributed by atoms with van der Waals surface area (Å²) in [5.74, 6) is 0. The predicted octanol–water partition coefficient (Wildman–Crippen LogP) is 1.41. The summed E-state index contributed by atoms with van der Waals surface area (Å²) in [6.07, 6.45) is 3.37. The second-order valence-electron chi connectivity index (χ2n) is 4.40. The Morgan fingerprint density at radius 3 is 2.72 bits per heavy atom. The molecule has 0 radical (unpaired) electrons. The molecule has 1 unspecified atom stereocenters. The molecule has 0 amide bonds. The fourth-order valence-corrected chi connectivity index (χ4v) is 3.66. The molecule has 1 heterocycles. The van der Waals surface area contributed by atoms with E-state index in [9.17, 15) is 8.42 Å². The number of hydrogen-bond donors (Lipinski definition) is 1. The number of benzene rings is 1. The van der Waals surface area contributed by atoms with Crippen molar-refractivity contribution in [3.05, 3.63) is 41.3 Å². The van der Waals surface area contributed by atoms with Gasteiger partial charge in [0.05, 0.1) is 0 Å². The average molecular weight is 266 g/mol. The van der Waals surface area contributed by atoms with Gasteiger partial charge in [0.2, 0.25) is 10.0 Å². The molecule has 4 nitrogen and oxygen atoms in total. The maximum atomic E-state index is 12.2. The molecule has 1 aliphatic rings. The van der Waals surface area contributed by atoms with Gasteiger partial charge in [0.15, 0.2) is 0 Å². The quantitative estimate of drug-likeness (QED) is 0.896. The van der Waals surface area contributed by atoms with Crippen LogP contribution in [-0.2, 0) is 10.0 Å². The van der Waals surface area contributed by atoms with E-state index in [2.05, 4.69) is 0 Å². The van der Waals surface area contributed by atoms with Crippen LogP contribution in [0.3, 0.4) is 0 Å². The third-order valence-corrected chi connectivity index (χ3v) is 4.77. The fraction of sp³-hybridized carbons (Fsp3) is 0.385. The molecule has 1 atom stereocenters. The van der Waals surface area contributed by atoms with Crippen LogP contribution >= 0.6 is 0 Å². The van der Waals surface area contributed by atoms with Crippen molar-refractivity contribution in [3.8, 4) is 0 Å². The molecule has 2 rings (SSSR count). The van der Waals surface area contributed by atoms with E-state index in [1.807, 2.05) is 30.3 Å². The first-order valence-electron chi connectivity index (χ1n) is 6.08. The highest BCUT2D eigenvalue weighted by Gasteiger charge is 2.31. The lowest BCUT2D eigenvalue weighted by Gasteiger charge is -2.20. The Morgan fingerprint density at radius 2 is 2.06 bits per heavy atom. The van der Waals surface area contributed by atoms with Crippen LogP contribution in [0.4, 0.5) is 0 Å². The molecule has 0 aliphatic carbocycles. The Hall–Kier alpha value is -1.17. The van der Waals surface area contributed by atoms with Gasteiger partial charge < -0.3 is 5.73 Å². The van der Waals surface area contributed by atoms with Gasteiger partial charge >= 0.3 is 0 Å². The lowest BCUT2D eigenvalue weighted by atomic mass is 10.2. The van der Waals surface area contributed by atoms with Crippen molar-refractivity contribution in [2.75, 3.05) is 13.1 Å². The molecule has 0 aromatic heterocycles. The van der Waals surface area contributed by atoms with E-state index < -0.39 is 10.0 Å². The van der Waals surface area contributed by atoms with Crippen molar-refractivity contribution in [1.82, 2.24) is 4.31 Å². The van der Waals surface area contributed by atoms with E-state index in [1.165, 1.54) is 9.71 Å². The Morgan fingerprint density at radius 1 is 1.33 bits per heavy atom. The molecule has 1 aromatic carbocycles. The van der Waals surface area contributed by atoms with Gasteiger partial charge in [0, 0.05) is 24.5 Å². The van der Waals surface area contributed by atoms with E-state index in [0.717, 1.165) is 18.4 Å². The number of hydrogen-bond acceptors (Lipinski definition) is 3. The second-order valence-corrected chi connectivity index (χ2v) is 6.17. The third-order valence-electron chi connectivity index (χ3n) is 3.15. The summed E-state index contributed by atoms with van der Waals surface area (Å²) in [6, 6.07) is 9.36. The highest BCUT2D eigenvalue weighted by atomic mass is 32.2. The minimum Gasteiger partial charge on any atom is -0.329 e. The van der Waals surface area contributed by atoms with Gasteiger partial charge in [-0.25, -0.2) is 8.42 Å². The standard InChI is InChI=1S/C13H18N2O2S/c14-11-13-7-4-9-15(13)18(16,17)10-8-12-5-2-1-3-6-12/h1-3,5-6,8,10,13H,4,7,9,11,14H2/b10-8+. The van der Waals surface area contributed by atoms with Crippen molar-refractivity contribution in [2.24, 2.45) is 5.73 Å². The van der Waals surface area contributed by atoms with E-state index in [-0.39, 0.29) is 6.04 Å².